The van der Waals surface area contributed by atoms with E-state index >= 15 is 0 Å². The minimum absolute atomic E-state index is 0.131. The van der Waals surface area contributed by atoms with Crippen LogP contribution in [0.25, 0.3) is 0 Å². The lowest BCUT2D eigenvalue weighted by Crippen LogP contribution is -2.49. The summed E-state index contributed by atoms with van der Waals surface area (Å²) in [7, 11) is 1.76. The zero-order valence-corrected chi connectivity index (χ0v) is 12.3. The molecule has 2 rings (SSSR count). The number of benzene rings is 1. The Labute approximate surface area is 120 Å². The number of methoxy groups -OCH3 is 1. The maximum absolute atomic E-state index is 13.6. The van der Waals surface area contributed by atoms with Crippen LogP contribution in [0, 0.1) is 5.82 Å². The molecule has 1 atom stereocenters. The predicted octanol–water partition coefficient (Wildman–Crippen LogP) is 2.54. The van der Waals surface area contributed by atoms with Gasteiger partial charge in [-0.1, -0.05) is 18.2 Å². The van der Waals surface area contributed by atoms with Crippen molar-refractivity contribution in [3.05, 3.63) is 35.6 Å². The highest BCUT2D eigenvalue weighted by Crippen LogP contribution is 2.23. The lowest BCUT2D eigenvalue weighted by Gasteiger charge is -2.37. The van der Waals surface area contributed by atoms with Gasteiger partial charge in [-0.05, 0) is 25.0 Å². The first-order chi connectivity index (χ1) is 9.65. The second-order valence-electron chi connectivity index (χ2n) is 5.58. The summed E-state index contributed by atoms with van der Waals surface area (Å²) in [6.45, 7) is 4.35. The molecule has 0 radical (unpaired) electrons. The Hall–Kier alpha value is -0.970. The van der Waals surface area contributed by atoms with Gasteiger partial charge in [-0.25, -0.2) is 4.39 Å². The Morgan fingerprint density at radius 2 is 2.05 bits per heavy atom. The summed E-state index contributed by atoms with van der Waals surface area (Å²) in [5.41, 5.74) is 0.618. The SMILES string of the molecule is COC1(CNC(C)Cc2ccccc2F)CCOCC1. The monoisotopic (exact) mass is 281 g/mol. The van der Waals surface area contributed by atoms with E-state index in [1.54, 1.807) is 13.2 Å². The van der Waals surface area contributed by atoms with Crippen molar-refractivity contribution >= 4 is 0 Å². The lowest BCUT2D eigenvalue weighted by atomic mass is 9.93. The highest BCUT2D eigenvalue weighted by atomic mass is 19.1. The molecule has 20 heavy (non-hydrogen) atoms. The van der Waals surface area contributed by atoms with Crippen molar-refractivity contribution in [2.75, 3.05) is 26.9 Å². The second kappa shape index (κ2) is 7.16. The first kappa shape index (κ1) is 15.4. The summed E-state index contributed by atoms with van der Waals surface area (Å²) in [5.74, 6) is -0.131. The zero-order valence-electron chi connectivity index (χ0n) is 12.3. The van der Waals surface area contributed by atoms with Gasteiger partial charge in [0.1, 0.15) is 5.82 Å². The predicted molar refractivity (Wildman–Crippen MR) is 77.4 cm³/mol. The summed E-state index contributed by atoms with van der Waals surface area (Å²) >= 11 is 0. The zero-order chi connectivity index (χ0) is 14.4. The molecule has 1 aromatic carbocycles. The number of hydrogen-bond donors (Lipinski definition) is 1. The first-order valence-corrected chi connectivity index (χ1v) is 7.25. The molecule has 0 bridgehead atoms. The molecule has 1 fully saturated rings. The Morgan fingerprint density at radius 3 is 2.70 bits per heavy atom. The highest BCUT2D eigenvalue weighted by Gasteiger charge is 2.32. The van der Waals surface area contributed by atoms with Crippen LogP contribution < -0.4 is 5.32 Å². The Bertz CT molecular complexity index is 419. The molecule has 1 saturated heterocycles. The van der Waals surface area contributed by atoms with Crippen LogP contribution in [0.5, 0.6) is 0 Å². The van der Waals surface area contributed by atoms with Gasteiger partial charge in [-0.2, -0.15) is 0 Å². The van der Waals surface area contributed by atoms with E-state index < -0.39 is 0 Å². The number of ether oxygens (including phenoxy) is 2. The van der Waals surface area contributed by atoms with Gasteiger partial charge in [0.2, 0.25) is 0 Å². The van der Waals surface area contributed by atoms with Crippen molar-refractivity contribution in [1.82, 2.24) is 5.32 Å². The molecule has 0 amide bonds. The van der Waals surface area contributed by atoms with Crippen LogP contribution in [0.15, 0.2) is 24.3 Å². The number of hydrogen-bond acceptors (Lipinski definition) is 3. The van der Waals surface area contributed by atoms with Gasteiger partial charge in [0, 0.05) is 45.8 Å². The van der Waals surface area contributed by atoms with E-state index in [0.717, 1.165) is 38.2 Å². The molecule has 0 aliphatic carbocycles. The van der Waals surface area contributed by atoms with Crippen LogP contribution in [-0.4, -0.2) is 38.5 Å². The third-order valence-corrected chi connectivity index (χ3v) is 4.09. The number of rotatable bonds is 6. The molecule has 3 nitrogen and oxygen atoms in total. The molecule has 0 aromatic heterocycles. The van der Waals surface area contributed by atoms with Gasteiger partial charge in [0.25, 0.3) is 0 Å². The van der Waals surface area contributed by atoms with E-state index in [0.29, 0.717) is 6.42 Å². The third-order valence-electron chi connectivity index (χ3n) is 4.09. The van der Waals surface area contributed by atoms with Crippen molar-refractivity contribution in [1.29, 1.82) is 0 Å². The first-order valence-electron chi connectivity index (χ1n) is 7.25. The van der Waals surface area contributed by atoms with Gasteiger partial charge >= 0.3 is 0 Å². The van der Waals surface area contributed by atoms with Crippen molar-refractivity contribution < 1.29 is 13.9 Å². The van der Waals surface area contributed by atoms with Gasteiger partial charge in [0.15, 0.2) is 0 Å². The fourth-order valence-corrected chi connectivity index (χ4v) is 2.62. The average molecular weight is 281 g/mol. The lowest BCUT2D eigenvalue weighted by molar-refractivity contribution is -0.0884. The van der Waals surface area contributed by atoms with E-state index in [4.69, 9.17) is 9.47 Å². The molecule has 1 N–H and O–H groups in total. The largest absolute Gasteiger partial charge is 0.381 e. The minimum atomic E-state index is -0.137. The molecular formula is C16H24FNO2. The van der Waals surface area contributed by atoms with Crippen LogP contribution in [0.3, 0.4) is 0 Å². The van der Waals surface area contributed by atoms with Gasteiger partial charge in [0.05, 0.1) is 5.60 Å². The van der Waals surface area contributed by atoms with Crippen molar-refractivity contribution in [3.63, 3.8) is 0 Å². The fraction of sp³-hybridized carbons (Fsp3) is 0.625. The van der Waals surface area contributed by atoms with Crippen LogP contribution in [-0.2, 0) is 15.9 Å². The van der Waals surface area contributed by atoms with Gasteiger partial charge < -0.3 is 14.8 Å². The summed E-state index contributed by atoms with van der Waals surface area (Å²) in [6, 6.07) is 7.16. The fourth-order valence-electron chi connectivity index (χ4n) is 2.62. The molecule has 0 saturated carbocycles. The molecule has 0 spiro atoms. The van der Waals surface area contributed by atoms with E-state index in [1.165, 1.54) is 6.07 Å². The molecular weight excluding hydrogens is 257 g/mol. The molecule has 4 heteroatoms. The molecule has 112 valence electrons. The summed E-state index contributed by atoms with van der Waals surface area (Å²) in [6.07, 6.45) is 2.49. The molecule has 1 aliphatic heterocycles. The summed E-state index contributed by atoms with van der Waals surface area (Å²) in [5, 5.41) is 3.47. The maximum atomic E-state index is 13.6. The third kappa shape index (κ3) is 4.01. The Morgan fingerprint density at radius 1 is 1.35 bits per heavy atom. The average Bonchev–Trinajstić information content (AvgIpc) is 2.49. The van der Waals surface area contributed by atoms with Crippen LogP contribution in [0.1, 0.15) is 25.3 Å². The van der Waals surface area contributed by atoms with Crippen LogP contribution >= 0.6 is 0 Å². The normalized spacial score (nSPS) is 19.8. The smallest absolute Gasteiger partial charge is 0.126 e. The Kier molecular flexibility index (Phi) is 5.52. The maximum Gasteiger partial charge on any atom is 0.126 e. The van der Waals surface area contributed by atoms with Crippen LogP contribution in [0.4, 0.5) is 4.39 Å². The van der Waals surface area contributed by atoms with Crippen molar-refractivity contribution in [2.24, 2.45) is 0 Å². The van der Waals surface area contributed by atoms with Gasteiger partial charge in [-0.15, -0.1) is 0 Å². The number of nitrogens with one attached hydrogen (secondary N) is 1. The second-order valence-corrected chi connectivity index (χ2v) is 5.58. The molecule has 1 heterocycles. The van der Waals surface area contributed by atoms with E-state index in [9.17, 15) is 4.39 Å². The van der Waals surface area contributed by atoms with Crippen molar-refractivity contribution in [2.45, 2.75) is 37.8 Å². The van der Waals surface area contributed by atoms with Gasteiger partial charge in [-0.3, -0.25) is 0 Å². The summed E-state index contributed by atoms with van der Waals surface area (Å²) < 4.78 is 24.7. The van der Waals surface area contributed by atoms with E-state index in [-0.39, 0.29) is 17.5 Å². The standard InChI is InChI=1S/C16H24FNO2/c1-13(11-14-5-3-4-6-15(14)17)18-12-16(19-2)7-9-20-10-8-16/h3-6,13,18H,7-12H2,1-2H3. The highest BCUT2D eigenvalue weighted by molar-refractivity contribution is 5.18. The quantitative estimate of drug-likeness (QED) is 0.869. The molecule has 1 aliphatic rings. The topological polar surface area (TPSA) is 30.5 Å². The number of halogens is 1. The van der Waals surface area contributed by atoms with E-state index in [2.05, 4.69) is 12.2 Å². The minimum Gasteiger partial charge on any atom is -0.381 e. The van der Waals surface area contributed by atoms with Crippen molar-refractivity contribution in [3.8, 4) is 0 Å². The van der Waals surface area contributed by atoms with Crippen LogP contribution in [0.2, 0.25) is 0 Å². The molecule has 1 aromatic rings. The van der Waals surface area contributed by atoms with E-state index in [1.807, 2.05) is 12.1 Å². The molecule has 1 unspecified atom stereocenters. The Balaban J connectivity index is 1.85. The summed E-state index contributed by atoms with van der Waals surface area (Å²) in [4.78, 5) is 0.